The first kappa shape index (κ1) is 31.1. The summed E-state index contributed by atoms with van der Waals surface area (Å²) in [6.45, 7) is -0.119. The summed E-state index contributed by atoms with van der Waals surface area (Å²) in [5, 5.41) is 20.0. The zero-order valence-electron chi connectivity index (χ0n) is 23.2. The fourth-order valence-corrected chi connectivity index (χ4v) is 7.39. The molecule has 4 atom stereocenters. The molecule has 228 valence electrons. The van der Waals surface area contributed by atoms with Crippen molar-refractivity contribution in [2.45, 2.75) is 56.3 Å². The van der Waals surface area contributed by atoms with Gasteiger partial charge in [0, 0.05) is 27.7 Å². The van der Waals surface area contributed by atoms with E-state index in [1.807, 2.05) is 0 Å². The lowest BCUT2D eigenvalue weighted by Gasteiger charge is -2.49. The fourth-order valence-electron chi connectivity index (χ4n) is 6.04. The number of aromatic hydroxyl groups is 2. The van der Waals surface area contributed by atoms with Gasteiger partial charge in [0.25, 0.3) is 11.8 Å². The van der Waals surface area contributed by atoms with Crippen LogP contribution in [0.5, 0.6) is 11.5 Å². The van der Waals surface area contributed by atoms with E-state index < -0.39 is 40.0 Å². The summed E-state index contributed by atoms with van der Waals surface area (Å²) < 4.78 is 27.4. The largest absolute Gasteiger partial charge is 0.504 e. The first-order chi connectivity index (χ1) is 20.4. The number of rotatable bonds is 8. The molecule has 1 unspecified atom stereocenters. The van der Waals surface area contributed by atoms with Gasteiger partial charge in [-0.25, -0.2) is 18.6 Å². The van der Waals surface area contributed by atoms with E-state index >= 15 is 0 Å². The SMILES string of the molecule is CS(=O)(=O)N[C@H]1CCCCC1N1C(=O)c2ccccc2[C@@H](C(=O)NOCc2ccc(O)c(O)c2)[C@@H]1c1ccc(Cl)cc1Cl. The van der Waals surface area contributed by atoms with Crippen LogP contribution in [-0.4, -0.2) is 53.7 Å². The number of hydroxylamine groups is 1. The quantitative estimate of drug-likeness (QED) is 0.203. The Morgan fingerprint density at radius 1 is 1.00 bits per heavy atom. The summed E-state index contributed by atoms with van der Waals surface area (Å²) in [7, 11) is -3.61. The van der Waals surface area contributed by atoms with Crippen LogP contribution in [0.4, 0.5) is 0 Å². The smallest absolute Gasteiger partial charge is 0.255 e. The second-order valence-electron chi connectivity index (χ2n) is 10.8. The number of amides is 2. The van der Waals surface area contributed by atoms with Crippen LogP contribution in [0.1, 0.15) is 64.7 Å². The lowest BCUT2D eigenvalue weighted by atomic mass is 9.76. The molecule has 3 aromatic carbocycles. The Morgan fingerprint density at radius 2 is 1.74 bits per heavy atom. The maximum atomic E-state index is 14.3. The van der Waals surface area contributed by atoms with Crippen LogP contribution in [-0.2, 0) is 26.3 Å². The van der Waals surface area contributed by atoms with E-state index in [4.69, 9.17) is 28.0 Å². The topological polar surface area (TPSA) is 145 Å². The molecule has 0 aromatic heterocycles. The average molecular weight is 649 g/mol. The van der Waals surface area contributed by atoms with E-state index in [0.717, 1.165) is 19.1 Å². The molecule has 4 N–H and O–H groups in total. The van der Waals surface area contributed by atoms with Crippen LogP contribution >= 0.6 is 23.2 Å². The zero-order valence-corrected chi connectivity index (χ0v) is 25.5. The van der Waals surface area contributed by atoms with Crippen molar-refractivity contribution in [1.29, 1.82) is 0 Å². The molecule has 1 aliphatic heterocycles. The molecular formula is C30H31Cl2N3O7S. The van der Waals surface area contributed by atoms with Gasteiger partial charge < -0.3 is 15.1 Å². The highest BCUT2D eigenvalue weighted by Crippen LogP contribution is 2.48. The summed E-state index contributed by atoms with van der Waals surface area (Å²) in [5.74, 6) is -2.52. The van der Waals surface area contributed by atoms with Gasteiger partial charge in [-0.2, -0.15) is 0 Å². The number of hydrogen-bond donors (Lipinski definition) is 4. The number of phenolic OH excluding ortho intramolecular Hbond substituents is 2. The molecule has 1 heterocycles. The minimum absolute atomic E-state index is 0.119. The van der Waals surface area contributed by atoms with Crippen LogP contribution in [0.15, 0.2) is 60.7 Å². The molecule has 2 amide bonds. The maximum Gasteiger partial charge on any atom is 0.255 e. The normalized spacial score (nSPS) is 22.2. The molecule has 1 saturated carbocycles. The molecule has 1 fully saturated rings. The lowest BCUT2D eigenvalue weighted by molar-refractivity contribution is -0.138. The highest BCUT2D eigenvalue weighted by molar-refractivity contribution is 7.88. The number of phenols is 2. The Labute approximate surface area is 259 Å². The summed E-state index contributed by atoms with van der Waals surface area (Å²) >= 11 is 12.9. The molecule has 0 spiro atoms. The molecule has 1 aliphatic carbocycles. The summed E-state index contributed by atoms with van der Waals surface area (Å²) in [6.07, 6.45) is 3.65. The minimum atomic E-state index is -3.61. The maximum absolute atomic E-state index is 14.3. The summed E-state index contributed by atoms with van der Waals surface area (Å²) in [6, 6.07) is 13.7. The van der Waals surface area contributed by atoms with E-state index in [-0.39, 0.29) is 29.0 Å². The minimum Gasteiger partial charge on any atom is -0.504 e. The Hall–Kier alpha value is -3.35. The van der Waals surface area contributed by atoms with Crippen molar-refractivity contribution in [2.24, 2.45) is 0 Å². The van der Waals surface area contributed by atoms with Gasteiger partial charge in [-0.3, -0.25) is 14.4 Å². The Bertz CT molecular complexity index is 1650. The van der Waals surface area contributed by atoms with E-state index in [0.29, 0.717) is 40.1 Å². The van der Waals surface area contributed by atoms with Gasteiger partial charge in [0.1, 0.15) is 0 Å². The number of carbonyl (C=O) groups is 2. The van der Waals surface area contributed by atoms with Crippen LogP contribution in [0, 0.1) is 0 Å². The number of carbonyl (C=O) groups excluding carboxylic acids is 2. The Morgan fingerprint density at radius 3 is 2.47 bits per heavy atom. The first-order valence-electron chi connectivity index (χ1n) is 13.7. The molecule has 0 bridgehead atoms. The van der Waals surface area contributed by atoms with E-state index in [2.05, 4.69) is 10.2 Å². The molecule has 10 nitrogen and oxygen atoms in total. The second-order valence-corrected chi connectivity index (χ2v) is 13.4. The zero-order chi connectivity index (χ0) is 30.9. The fraction of sp³-hybridized carbons (Fsp3) is 0.333. The van der Waals surface area contributed by atoms with Crippen LogP contribution in [0.2, 0.25) is 10.0 Å². The number of nitrogens with one attached hydrogen (secondary N) is 2. The van der Waals surface area contributed by atoms with Crippen molar-refractivity contribution in [2.75, 3.05) is 6.26 Å². The first-order valence-corrected chi connectivity index (χ1v) is 16.4. The Kier molecular flexibility index (Phi) is 9.19. The van der Waals surface area contributed by atoms with Crippen molar-refractivity contribution in [3.63, 3.8) is 0 Å². The highest BCUT2D eigenvalue weighted by Gasteiger charge is 2.49. The van der Waals surface area contributed by atoms with E-state index in [1.165, 1.54) is 24.3 Å². The van der Waals surface area contributed by atoms with Crippen LogP contribution in [0.25, 0.3) is 0 Å². The third-order valence-corrected chi connectivity index (χ3v) is 9.14. The van der Waals surface area contributed by atoms with Crippen molar-refractivity contribution in [3.8, 4) is 11.5 Å². The number of halogens is 2. The third kappa shape index (κ3) is 6.76. The number of benzene rings is 3. The van der Waals surface area contributed by atoms with Gasteiger partial charge in [0.05, 0.1) is 24.8 Å². The standard InChI is InChI=1S/C30H31Cl2N3O7S/c1-43(40,41)34-23-8-4-5-9-24(23)35-28(21-12-11-18(31)15-22(21)32)27(19-6-2-3-7-20(19)30(35)39)29(38)33-42-16-17-10-13-25(36)26(37)14-17/h2-3,6-7,10-15,23-24,27-28,34,36-37H,4-5,8-9,16H2,1H3,(H,33,38)/t23-,24?,27+,28-/m0/s1. The molecular weight excluding hydrogens is 617 g/mol. The monoisotopic (exact) mass is 647 g/mol. The number of sulfonamides is 1. The van der Waals surface area contributed by atoms with E-state index in [9.17, 15) is 28.2 Å². The van der Waals surface area contributed by atoms with Crippen molar-refractivity contribution >= 4 is 45.0 Å². The second kappa shape index (κ2) is 12.7. The van der Waals surface area contributed by atoms with Crippen LogP contribution in [0.3, 0.4) is 0 Å². The van der Waals surface area contributed by atoms with E-state index in [1.54, 1.807) is 41.3 Å². The van der Waals surface area contributed by atoms with Crippen molar-refractivity contribution in [3.05, 3.63) is 93.0 Å². The summed E-state index contributed by atoms with van der Waals surface area (Å²) in [4.78, 5) is 35.5. The van der Waals surface area contributed by atoms with Gasteiger partial charge in [-0.05, 0) is 59.9 Å². The molecule has 0 saturated heterocycles. The molecule has 0 radical (unpaired) electrons. The molecule has 3 aromatic rings. The van der Waals surface area contributed by atoms with Gasteiger partial charge in [-0.15, -0.1) is 0 Å². The number of fused-ring (bicyclic) bond motifs is 1. The number of hydrogen-bond acceptors (Lipinski definition) is 7. The van der Waals surface area contributed by atoms with Crippen molar-refractivity contribution in [1.82, 2.24) is 15.1 Å². The predicted octanol–water partition coefficient (Wildman–Crippen LogP) is 4.79. The Balaban J connectivity index is 1.58. The molecule has 2 aliphatic rings. The third-order valence-electron chi connectivity index (χ3n) is 7.84. The summed E-state index contributed by atoms with van der Waals surface area (Å²) in [5.41, 5.74) is 4.24. The van der Waals surface area contributed by atoms with Crippen molar-refractivity contribution < 1.29 is 33.1 Å². The molecule has 43 heavy (non-hydrogen) atoms. The van der Waals surface area contributed by atoms with Crippen LogP contribution < -0.4 is 10.2 Å². The molecule has 13 heteroatoms. The van der Waals surface area contributed by atoms with Gasteiger partial charge >= 0.3 is 0 Å². The predicted molar refractivity (Wildman–Crippen MR) is 161 cm³/mol. The number of nitrogens with zero attached hydrogens (tertiary/aromatic N) is 1. The highest BCUT2D eigenvalue weighted by atomic mass is 35.5. The lowest BCUT2D eigenvalue weighted by Crippen LogP contribution is -2.59. The molecule has 5 rings (SSSR count). The van der Waals surface area contributed by atoms with Gasteiger partial charge in [-0.1, -0.05) is 66.4 Å². The van der Waals surface area contributed by atoms with Gasteiger partial charge in [0.15, 0.2) is 11.5 Å². The average Bonchev–Trinajstić information content (AvgIpc) is 2.95. The van der Waals surface area contributed by atoms with Gasteiger partial charge in [0.2, 0.25) is 10.0 Å².